The highest BCUT2D eigenvalue weighted by atomic mass is 16.5. The van der Waals surface area contributed by atoms with E-state index in [2.05, 4.69) is 0 Å². The minimum absolute atomic E-state index is 0.386. The van der Waals surface area contributed by atoms with Crippen LogP contribution in [-0.2, 0) is 0 Å². The van der Waals surface area contributed by atoms with Gasteiger partial charge in [0.2, 0.25) is 0 Å². The summed E-state index contributed by atoms with van der Waals surface area (Å²) in [5.74, 6) is 0.812. The zero-order chi connectivity index (χ0) is 12.8. The maximum absolute atomic E-state index is 11.9. The summed E-state index contributed by atoms with van der Waals surface area (Å²) in [6.45, 7) is 2.46. The lowest BCUT2D eigenvalue weighted by molar-refractivity contribution is 0.0734. The summed E-state index contributed by atoms with van der Waals surface area (Å²) in [6, 6.07) is 15.9. The first-order chi connectivity index (χ1) is 8.79. The van der Waals surface area contributed by atoms with Crippen LogP contribution in [0, 0.1) is 0 Å². The van der Waals surface area contributed by atoms with Crippen molar-refractivity contribution in [1.82, 2.24) is 0 Å². The van der Waals surface area contributed by atoms with Crippen molar-refractivity contribution < 1.29 is 14.3 Å². The van der Waals surface area contributed by atoms with Crippen molar-refractivity contribution in [3.63, 3.8) is 0 Å². The number of ether oxygens (including phenoxy) is 2. The summed E-state index contributed by atoms with van der Waals surface area (Å²) in [4.78, 5) is 11.9. The van der Waals surface area contributed by atoms with Gasteiger partial charge in [0.25, 0.3) is 0 Å². The van der Waals surface area contributed by atoms with E-state index in [1.165, 1.54) is 0 Å². The van der Waals surface area contributed by atoms with Gasteiger partial charge in [0.1, 0.15) is 11.5 Å². The van der Waals surface area contributed by atoms with Gasteiger partial charge in [-0.15, -0.1) is 0 Å². The number of hydrogen-bond acceptors (Lipinski definition) is 3. The first kappa shape index (κ1) is 12.2. The fraction of sp³-hybridized carbons (Fsp3) is 0.133. The monoisotopic (exact) mass is 242 g/mol. The molecular formula is C15H14O3. The molecule has 0 radical (unpaired) electrons. The first-order valence-electron chi connectivity index (χ1n) is 5.79. The normalized spacial score (nSPS) is 9.83. The fourth-order valence-electron chi connectivity index (χ4n) is 1.53. The second kappa shape index (κ2) is 5.87. The molecule has 0 aromatic heterocycles. The predicted molar refractivity (Wildman–Crippen MR) is 69.0 cm³/mol. The molecule has 0 aliphatic carbocycles. The first-order valence-corrected chi connectivity index (χ1v) is 5.79. The summed E-state index contributed by atoms with van der Waals surface area (Å²) >= 11 is 0. The second-order valence-corrected chi connectivity index (χ2v) is 3.66. The topological polar surface area (TPSA) is 35.5 Å². The number of rotatable bonds is 4. The average Bonchev–Trinajstić information content (AvgIpc) is 2.40. The van der Waals surface area contributed by atoms with Crippen molar-refractivity contribution in [1.29, 1.82) is 0 Å². The number of carbonyl (C=O) groups is 1. The molecule has 0 saturated carbocycles. The van der Waals surface area contributed by atoms with Crippen LogP contribution in [0.5, 0.6) is 11.5 Å². The van der Waals surface area contributed by atoms with E-state index in [-0.39, 0.29) is 5.97 Å². The van der Waals surface area contributed by atoms with E-state index in [4.69, 9.17) is 9.47 Å². The molecule has 0 atom stereocenters. The van der Waals surface area contributed by atoms with Crippen LogP contribution in [-0.4, -0.2) is 12.6 Å². The maximum atomic E-state index is 11.9. The summed E-state index contributed by atoms with van der Waals surface area (Å²) in [5.41, 5.74) is 0.477. The van der Waals surface area contributed by atoms with Gasteiger partial charge in [0.15, 0.2) is 0 Å². The SMILES string of the molecule is CCOc1cccc(C(=O)Oc2ccccc2)c1. The Morgan fingerprint density at radius 3 is 2.44 bits per heavy atom. The zero-order valence-electron chi connectivity index (χ0n) is 10.1. The van der Waals surface area contributed by atoms with Crippen LogP contribution in [0.4, 0.5) is 0 Å². The lowest BCUT2D eigenvalue weighted by atomic mass is 10.2. The van der Waals surface area contributed by atoms with Crippen LogP contribution in [0.2, 0.25) is 0 Å². The Morgan fingerprint density at radius 2 is 1.72 bits per heavy atom. The number of para-hydroxylation sites is 1. The molecule has 2 aromatic carbocycles. The molecule has 0 N–H and O–H groups in total. The van der Waals surface area contributed by atoms with E-state index in [9.17, 15) is 4.79 Å². The van der Waals surface area contributed by atoms with Gasteiger partial charge in [-0.2, -0.15) is 0 Å². The predicted octanol–water partition coefficient (Wildman–Crippen LogP) is 3.30. The van der Waals surface area contributed by atoms with Gasteiger partial charge in [-0.3, -0.25) is 0 Å². The lowest BCUT2D eigenvalue weighted by Crippen LogP contribution is -2.08. The highest BCUT2D eigenvalue weighted by Gasteiger charge is 2.09. The van der Waals surface area contributed by atoms with Gasteiger partial charge in [0.05, 0.1) is 12.2 Å². The number of carbonyl (C=O) groups excluding carboxylic acids is 1. The van der Waals surface area contributed by atoms with Crippen molar-refractivity contribution >= 4 is 5.97 Å². The van der Waals surface area contributed by atoms with Crippen molar-refractivity contribution in [3.8, 4) is 11.5 Å². The molecule has 0 spiro atoms. The van der Waals surface area contributed by atoms with Gasteiger partial charge >= 0.3 is 5.97 Å². The lowest BCUT2D eigenvalue weighted by Gasteiger charge is -2.06. The molecule has 0 bridgehead atoms. The Morgan fingerprint density at radius 1 is 1.00 bits per heavy atom. The molecule has 18 heavy (non-hydrogen) atoms. The molecule has 0 saturated heterocycles. The highest BCUT2D eigenvalue weighted by molar-refractivity contribution is 5.91. The van der Waals surface area contributed by atoms with Crippen LogP contribution < -0.4 is 9.47 Å². The van der Waals surface area contributed by atoms with E-state index in [0.29, 0.717) is 23.7 Å². The van der Waals surface area contributed by atoms with Crippen LogP contribution >= 0.6 is 0 Å². The quantitative estimate of drug-likeness (QED) is 0.609. The zero-order valence-corrected chi connectivity index (χ0v) is 10.1. The number of hydrogen-bond donors (Lipinski definition) is 0. The minimum Gasteiger partial charge on any atom is -0.494 e. The van der Waals surface area contributed by atoms with Crippen LogP contribution in [0.15, 0.2) is 54.6 Å². The molecule has 3 heteroatoms. The van der Waals surface area contributed by atoms with Crippen molar-refractivity contribution in [2.75, 3.05) is 6.61 Å². The Balaban J connectivity index is 2.11. The standard InChI is InChI=1S/C15H14O3/c1-2-17-14-10-6-7-12(11-14)15(16)18-13-8-4-3-5-9-13/h3-11H,2H2,1H3. The molecule has 2 rings (SSSR count). The summed E-state index contributed by atoms with van der Waals surface area (Å²) in [5, 5.41) is 0. The van der Waals surface area contributed by atoms with Crippen LogP contribution in [0.3, 0.4) is 0 Å². The average molecular weight is 242 g/mol. The third kappa shape index (κ3) is 3.10. The molecular weight excluding hydrogens is 228 g/mol. The molecule has 0 aliphatic heterocycles. The molecule has 0 amide bonds. The van der Waals surface area contributed by atoms with Crippen LogP contribution in [0.25, 0.3) is 0 Å². The van der Waals surface area contributed by atoms with Crippen molar-refractivity contribution in [2.45, 2.75) is 6.92 Å². The maximum Gasteiger partial charge on any atom is 0.343 e. The fourth-order valence-corrected chi connectivity index (χ4v) is 1.53. The molecule has 0 fully saturated rings. The van der Waals surface area contributed by atoms with E-state index in [1.807, 2.05) is 31.2 Å². The molecule has 2 aromatic rings. The summed E-state index contributed by atoms with van der Waals surface area (Å²) < 4.78 is 10.6. The summed E-state index contributed by atoms with van der Waals surface area (Å²) in [6.07, 6.45) is 0. The van der Waals surface area contributed by atoms with Gasteiger partial charge in [-0.1, -0.05) is 24.3 Å². The Hall–Kier alpha value is -2.29. The Labute approximate surface area is 106 Å². The second-order valence-electron chi connectivity index (χ2n) is 3.66. The largest absolute Gasteiger partial charge is 0.494 e. The minimum atomic E-state index is -0.386. The summed E-state index contributed by atoms with van der Waals surface area (Å²) in [7, 11) is 0. The van der Waals surface area contributed by atoms with Gasteiger partial charge in [0, 0.05) is 0 Å². The molecule has 0 aliphatic rings. The number of benzene rings is 2. The molecule has 0 heterocycles. The molecule has 92 valence electrons. The highest BCUT2D eigenvalue weighted by Crippen LogP contribution is 2.16. The van der Waals surface area contributed by atoms with Gasteiger partial charge in [-0.05, 0) is 37.3 Å². The van der Waals surface area contributed by atoms with Gasteiger partial charge < -0.3 is 9.47 Å². The third-order valence-corrected chi connectivity index (χ3v) is 2.33. The van der Waals surface area contributed by atoms with Gasteiger partial charge in [-0.25, -0.2) is 4.79 Å². The van der Waals surface area contributed by atoms with Crippen LogP contribution in [0.1, 0.15) is 17.3 Å². The number of esters is 1. The van der Waals surface area contributed by atoms with E-state index < -0.39 is 0 Å². The smallest absolute Gasteiger partial charge is 0.343 e. The van der Waals surface area contributed by atoms with E-state index >= 15 is 0 Å². The third-order valence-electron chi connectivity index (χ3n) is 2.33. The Kier molecular flexibility index (Phi) is 3.97. The Bertz CT molecular complexity index is 520. The molecule has 3 nitrogen and oxygen atoms in total. The van der Waals surface area contributed by atoms with E-state index in [0.717, 1.165) is 0 Å². The van der Waals surface area contributed by atoms with Crippen molar-refractivity contribution in [3.05, 3.63) is 60.2 Å². The van der Waals surface area contributed by atoms with E-state index in [1.54, 1.807) is 30.3 Å². The van der Waals surface area contributed by atoms with Crippen molar-refractivity contribution in [2.24, 2.45) is 0 Å². The molecule has 0 unspecified atom stereocenters.